The van der Waals surface area contributed by atoms with Gasteiger partial charge in [0.2, 0.25) is 0 Å². The van der Waals surface area contributed by atoms with Crippen LogP contribution in [-0.4, -0.2) is 29.6 Å². The summed E-state index contributed by atoms with van der Waals surface area (Å²) in [4.78, 5) is 2.62. The van der Waals surface area contributed by atoms with Crippen molar-refractivity contribution in [2.75, 3.05) is 13.1 Å². The summed E-state index contributed by atoms with van der Waals surface area (Å²) in [7, 11) is 0. The molecule has 2 nitrogen and oxygen atoms in total. The monoisotopic (exact) mass is 274 g/mol. The van der Waals surface area contributed by atoms with Gasteiger partial charge >= 0.3 is 0 Å². The molecule has 1 aliphatic rings. The van der Waals surface area contributed by atoms with Gasteiger partial charge in [0.25, 0.3) is 0 Å². The smallest absolute Gasteiger partial charge is 0.0360 e. The van der Waals surface area contributed by atoms with Crippen molar-refractivity contribution in [1.82, 2.24) is 4.90 Å². The Balaban J connectivity index is 2.02. The highest BCUT2D eigenvalue weighted by molar-refractivity contribution is 5.15. The minimum Gasteiger partial charge on any atom is -0.326 e. The first kappa shape index (κ1) is 15.5. The van der Waals surface area contributed by atoms with Crippen LogP contribution >= 0.6 is 0 Å². The van der Waals surface area contributed by atoms with E-state index in [1.807, 2.05) is 0 Å². The Hall–Kier alpha value is -0.860. The largest absolute Gasteiger partial charge is 0.326 e. The lowest BCUT2D eigenvalue weighted by atomic mass is 9.83. The molecule has 0 bridgehead atoms. The van der Waals surface area contributed by atoms with Gasteiger partial charge in [-0.1, -0.05) is 57.0 Å². The quantitative estimate of drug-likeness (QED) is 0.823. The van der Waals surface area contributed by atoms with Crippen molar-refractivity contribution in [1.29, 1.82) is 0 Å². The maximum atomic E-state index is 6.67. The second kappa shape index (κ2) is 7.24. The van der Waals surface area contributed by atoms with Crippen LogP contribution in [0.2, 0.25) is 0 Å². The summed E-state index contributed by atoms with van der Waals surface area (Å²) in [6, 6.07) is 11.0. The van der Waals surface area contributed by atoms with E-state index in [1.54, 1.807) is 0 Å². The number of hydrogen-bond acceptors (Lipinski definition) is 2. The van der Waals surface area contributed by atoms with Crippen LogP contribution in [0.5, 0.6) is 0 Å². The van der Waals surface area contributed by atoms with Gasteiger partial charge in [0.1, 0.15) is 0 Å². The first-order chi connectivity index (χ1) is 9.73. The van der Waals surface area contributed by atoms with Gasteiger partial charge in [0.15, 0.2) is 0 Å². The van der Waals surface area contributed by atoms with Gasteiger partial charge in [-0.2, -0.15) is 0 Å². The Bertz CT molecular complexity index is 378. The lowest BCUT2D eigenvalue weighted by Crippen LogP contribution is -2.58. The number of benzene rings is 1. The summed E-state index contributed by atoms with van der Waals surface area (Å²) >= 11 is 0. The lowest BCUT2D eigenvalue weighted by molar-refractivity contribution is 0.0743. The summed E-state index contributed by atoms with van der Waals surface area (Å²) in [6.07, 6.45) is 7.45. The summed E-state index contributed by atoms with van der Waals surface area (Å²) in [5.41, 5.74) is 8.35. The third-order valence-corrected chi connectivity index (χ3v) is 5.14. The van der Waals surface area contributed by atoms with Crippen LogP contribution in [0.25, 0.3) is 0 Å². The van der Waals surface area contributed by atoms with Crippen molar-refractivity contribution in [3.8, 4) is 0 Å². The van der Waals surface area contributed by atoms with Crippen molar-refractivity contribution in [3.05, 3.63) is 35.9 Å². The number of aryl methyl sites for hydroxylation is 1. The van der Waals surface area contributed by atoms with Gasteiger partial charge < -0.3 is 5.73 Å². The average molecular weight is 274 g/mol. The molecule has 0 saturated heterocycles. The van der Waals surface area contributed by atoms with E-state index in [9.17, 15) is 0 Å². The molecule has 0 radical (unpaired) electrons. The Kier molecular flexibility index (Phi) is 5.62. The first-order valence-corrected chi connectivity index (χ1v) is 8.27. The Morgan fingerprint density at radius 3 is 2.25 bits per heavy atom. The normalized spacial score (nSPS) is 19.4. The summed E-state index contributed by atoms with van der Waals surface area (Å²) in [6.45, 7) is 6.78. The zero-order valence-electron chi connectivity index (χ0n) is 13.1. The van der Waals surface area contributed by atoms with E-state index < -0.39 is 0 Å². The first-order valence-electron chi connectivity index (χ1n) is 8.27. The third kappa shape index (κ3) is 3.24. The van der Waals surface area contributed by atoms with Crippen LogP contribution in [-0.2, 0) is 6.42 Å². The summed E-state index contributed by atoms with van der Waals surface area (Å²) in [5.74, 6) is 0. The highest BCUT2D eigenvalue weighted by atomic mass is 15.2. The van der Waals surface area contributed by atoms with Crippen LogP contribution in [0.15, 0.2) is 30.3 Å². The maximum absolute atomic E-state index is 6.67. The van der Waals surface area contributed by atoms with Gasteiger partial charge in [0, 0.05) is 11.6 Å². The summed E-state index contributed by atoms with van der Waals surface area (Å²) in [5, 5.41) is 0. The molecule has 2 heteroatoms. The van der Waals surface area contributed by atoms with E-state index in [0.29, 0.717) is 6.04 Å². The van der Waals surface area contributed by atoms with Crippen molar-refractivity contribution >= 4 is 0 Å². The van der Waals surface area contributed by atoms with Crippen LogP contribution in [0, 0.1) is 0 Å². The molecule has 0 spiro atoms. The van der Waals surface area contributed by atoms with Crippen LogP contribution in [0.1, 0.15) is 51.5 Å². The molecule has 1 atom stereocenters. The minimum absolute atomic E-state index is 0.262. The number of likely N-dealkylation sites (N-methyl/N-ethyl adjacent to an activating group) is 1. The number of hydrogen-bond donors (Lipinski definition) is 1. The van der Waals surface area contributed by atoms with Gasteiger partial charge in [0.05, 0.1) is 0 Å². The van der Waals surface area contributed by atoms with Crippen LogP contribution < -0.4 is 5.73 Å². The minimum atomic E-state index is 0.262. The predicted octanol–water partition coefficient (Wildman–Crippen LogP) is 3.60. The van der Waals surface area contributed by atoms with Crippen molar-refractivity contribution in [2.45, 2.75) is 64.0 Å². The molecular weight excluding hydrogens is 244 g/mol. The highest BCUT2D eigenvalue weighted by Crippen LogP contribution is 2.38. The molecule has 1 aromatic rings. The second-order valence-electron chi connectivity index (χ2n) is 6.11. The third-order valence-electron chi connectivity index (χ3n) is 5.14. The molecule has 2 N–H and O–H groups in total. The van der Waals surface area contributed by atoms with E-state index in [2.05, 4.69) is 49.1 Å². The summed E-state index contributed by atoms with van der Waals surface area (Å²) < 4.78 is 0. The topological polar surface area (TPSA) is 29.3 Å². The standard InChI is InChI=1S/C18H30N2/c1-3-20(4-2)18(14-8-9-15-18)17(19)13-12-16-10-6-5-7-11-16/h5-7,10-11,17H,3-4,8-9,12-15,19H2,1-2H3. The molecule has 0 aromatic heterocycles. The molecular formula is C18H30N2. The number of nitrogens with zero attached hydrogens (tertiary/aromatic N) is 1. The number of nitrogens with two attached hydrogens (primary N) is 1. The second-order valence-corrected chi connectivity index (χ2v) is 6.11. The van der Waals surface area contributed by atoms with Gasteiger partial charge in [-0.15, -0.1) is 0 Å². The van der Waals surface area contributed by atoms with Gasteiger partial charge in [-0.05, 0) is 44.3 Å². The fourth-order valence-electron chi connectivity index (χ4n) is 4.00. The maximum Gasteiger partial charge on any atom is 0.0360 e. The molecule has 0 aliphatic heterocycles. The molecule has 1 aromatic carbocycles. The zero-order valence-corrected chi connectivity index (χ0v) is 13.1. The van der Waals surface area contributed by atoms with Crippen LogP contribution in [0.4, 0.5) is 0 Å². The molecule has 1 unspecified atom stereocenters. The fourth-order valence-corrected chi connectivity index (χ4v) is 4.00. The molecule has 0 heterocycles. The molecule has 0 amide bonds. The molecule has 20 heavy (non-hydrogen) atoms. The fraction of sp³-hybridized carbons (Fsp3) is 0.667. The molecule has 1 fully saturated rings. The SMILES string of the molecule is CCN(CC)C1(C(N)CCc2ccccc2)CCCC1. The lowest BCUT2D eigenvalue weighted by Gasteiger charge is -2.45. The van der Waals surface area contributed by atoms with Crippen molar-refractivity contribution < 1.29 is 0 Å². The van der Waals surface area contributed by atoms with E-state index in [4.69, 9.17) is 5.73 Å². The van der Waals surface area contributed by atoms with E-state index in [1.165, 1.54) is 31.2 Å². The Morgan fingerprint density at radius 1 is 1.10 bits per heavy atom. The van der Waals surface area contributed by atoms with E-state index in [-0.39, 0.29) is 5.54 Å². The highest BCUT2D eigenvalue weighted by Gasteiger charge is 2.42. The molecule has 112 valence electrons. The Labute approximate surface area is 124 Å². The van der Waals surface area contributed by atoms with Gasteiger partial charge in [-0.25, -0.2) is 0 Å². The number of rotatable bonds is 7. The van der Waals surface area contributed by atoms with E-state index in [0.717, 1.165) is 25.9 Å². The van der Waals surface area contributed by atoms with Crippen molar-refractivity contribution in [3.63, 3.8) is 0 Å². The predicted molar refractivity (Wildman–Crippen MR) is 86.9 cm³/mol. The van der Waals surface area contributed by atoms with E-state index >= 15 is 0 Å². The molecule has 1 saturated carbocycles. The zero-order chi connectivity index (χ0) is 14.4. The van der Waals surface area contributed by atoms with Crippen molar-refractivity contribution in [2.24, 2.45) is 5.73 Å². The Morgan fingerprint density at radius 2 is 1.70 bits per heavy atom. The molecule has 2 rings (SSSR count). The average Bonchev–Trinajstić information content (AvgIpc) is 2.98. The van der Waals surface area contributed by atoms with Crippen LogP contribution in [0.3, 0.4) is 0 Å². The van der Waals surface area contributed by atoms with Gasteiger partial charge in [-0.3, -0.25) is 4.90 Å². The molecule has 1 aliphatic carbocycles.